The van der Waals surface area contributed by atoms with Gasteiger partial charge in [0.25, 0.3) is 5.91 Å². The van der Waals surface area contributed by atoms with Crippen molar-refractivity contribution in [2.45, 2.75) is 18.9 Å². The van der Waals surface area contributed by atoms with Crippen molar-refractivity contribution in [3.05, 3.63) is 35.1 Å². The van der Waals surface area contributed by atoms with Crippen LogP contribution in [-0.2, 0) is 4.79 Å². The first-order valence-electron chi connectivity index (χ1n) is 5.48. The molecule has 0 aliphatic carbocycles. The molecular weight excluding hydrogens is 275 g/mol. The molecule has 1 atom stereocenters. The average molecular weight is 285 g/mol. The van der Waals surface area contributed by atoms with Crippen LogP contribution in [0.1, 0.15) is 23.2 Å². The van der Waals surface area contributed by atoms with Gasteiger partial charge in [0.2, 0.25) is 5.91 Å². The standard InChI is InChI=1S/C12H10F3N3O2/c13-6-4-7(14)10(8(15)5-6)12(20)18-9(11(17)19)2-1-3-16/h4-5,9H,1-2H2,(H2,17,19)(H,18,20)/t9-/m1/s1. The number of hydrogen-bond acceptors (Lipinski definition) is 3. The van der Waals surface area contributed by atoms with Gasteiger partial charge in [0.1, 0.15) is 29.1 Å². The molecule has 1 aromatic rings. The minimum Gasteiger partial charge on any atom is -0.368 e. The Morgan fingerprint density at radius 2 is 1.85 bits per heavy atom. The number of carbonyl (C=O) groups is 2. The zero-order valence-electron chi connectivity index (χ0n) is 10.1. The molecule has 0 fully saturated rings. The smallest absolute Gasteiger partial charge is 0.257 e. The van der Waals surface area contributed by atoms with E-state index in [9.17, 15) is 22.8 Å². The van der Waals surface area contributed by atoms with Crippen LogP contribution in [0.2, 0.25) is 0 Å². The van der Waals surface area contributed by atoms with Gasteiger partial charge < -0.3 is 11.1 Å². The molecule has 0 aliphatic rings. The van der Waals surface area contributed by atoms with E-state index >= 15 is 0 Å². The number of amides is 2. The fourth-order valence-corrected chi connectivity index (χ4v) is 1.48. The molecule has 1 aromatic carbocycles. The van der Waals surface area contributed by atoms with Gasteiger partial charge >= 0.3 is 0 Å². The predicted molar refractivity (Wildman–Crippen MR) is 61.6 cm³/mol. The summed E-state index contributed by atoms with van der Waals surface area (Å²) in [4.78, 5) is 22.7. The van der Waals surface area contributed by atoms with E-state index in [1.807, 2.05) is 5.32 Å². The van der Waals surface area contributed by atoms with E-state index in [1.165, 1.54) is 0 Å². The highest BCUT2D eigenvalue weighted by Gasteiger charge is 2.24. The summed E-state index contributed by atoms with van der Waals surface area (Å²) in [7, 11) is 0. The quantitative estimate of drug-likeness (QED) is 0.844. The number of rotatable bonds is 5. The number of hydrogen-bond donors (Lipinski definition) is 2. The Morgan fingerprint density at radius 3 is 2.30 bits per heavy atom. The summed E-state index contributed by atoms with van der Waals surface area (Å²) in [6.45, 7) is 0. The number of nitrogens with zero attached hydrogens (tertiary/aromatic N) is 1. The van der Waals surface area contributed by atoms with Gasteiger partial charge in [0.15, 0.2) is 0 Å². The number of benzene rings is 1. The first-order chi connectivity index (χ1) is 9.36. The molecule has 0 spiro atoms. The van der Waals surface area contributed by atoms with Crippen LogP contribution < -0.4 is 11.1 Å². The molecule has 0 bridgehead atoms. The van der Waals surface area contributed by atoms with Gasteiger partial charge in [-0.25, -0.2) is 13.2 Å². The highest BCUT2D eigenvalue weighted by Crippen LogP contribution is 2.15. The van der Waals surface area contributed by atoms with Crippen molar-refractivity contribution in [2.24, 2.45) is 5.73 Å². The fraction of sp³-hybridized carbons (Fsp3) is 0.250. The summed E-state index contributed by atoms with van der Waals surface area (Å²) in [5.74, 6) is -6.17. The van der Waals surface area contributed by atoms with Crippen LogP contribution in [0, 0.1) is 28.8 Å². The van der Waals surface area contributed by atoms with Crippen molar-refractivity contribution in [3.63, 3.8) is 0 Å². The first-order valence-corrected chi connectivity index (χ1v) is 5.48. The summed E-state index contributed by atoms with van der Waals surface area (Å²) in [6, 6.07) is 1.17. The van der Waals surface area contributed by atoms with E-state index in [0.29, 0.717) is 12.1 Å². The van der Waals surface area contributed by atoms with Crippen LogP contribution in [0.4, 0.5) is 13.2 Å². The highest BCUT2D eigenvalue weighted by atomic mass is 19.1. The van der Waals surface area contributed by atoms with Crippen molar-refractivity contribution in [2.75, 3.05) is 0 Å². The lowest BCUT2D eigenvalue weighted by Crippen LogP contribution is -2.44. The monoisotopic (exact) mass is 285 g/mol. The molecule has 3 N–H and O–H groups in total. The Bertz CT molecular complexity index is 561. The minimum atomic E-state index is -1.40. The number of carbonyl (C=O) groups excluding carboxylic acids is 2. The molecule has 0 aliphatic heterocycles. The number of primary amides is 1. The van der Waals surface area contributed by atoms with E-state index < -0.39 is 40.9 Å². The largest absolute Gasteiger partial charge is 0.368 e. The second kappa shape index (κ2) is 6.56. The molecule has 5 nitrogen and oxygen atoms in total. The normalized spacial score (nSPS) is 11.5. The van der Waals surface area contributed by atoms with Crippen molar-refractivity contribution in [3.8, 4) is 6.07 Å². The molecule has 0 saturated heterocycles. The molecule has 1 rings (SSSR count). The highest BCUT2D eigenvalue weighted by molar-refractivity contribution is 5.97. The summed E-state index contributed by atoms with van der Waals surface area (Å²) in [6.07, 6.45) is -0.176. The summed E-state index contributed by atoms with van der Waals surface area (Å²) >= 11 is 0. The maximum atomic E-state index is 13.4. The average Bonchev–Trinajstić information content (AvgIpc) is 2.32. The third-order valence-corrected chi connectivity index (χ3v) is 2.43. The topological polar surface area (TPSA) is 96.0 Å². The fourth-order valence-electron chi connectivity index (χ4n) is 1.48. The predicted octanol–water partition coefficient (Wildman–Crippen LogP) is 0.991. The number of nitriles is 1. The van der Waals surface area contributed by atoms with Gasteiger partial charge in [-0.15, -0.1) is 0 Å². The maximum absolute atomic E-state index is 13.4. The van der Waals surface area contributed by atoms with Gasteiger partial charge in [0, 0.05) is 18.6 Å². The van der Waals surface area contributed by atoms with Gasteiger partial charge in [-0.05, 0) is 6.42 Å². The van der Waals surface area contributed by atoms with Crippen molar-refractivity contribution >= 4 is 11.8 Å². The van der Waals surface area contributed by atoms with Gasteiger partial charge in [0.05, 0.1) is 6.07 Å². The van der Waals surface area contributed by atoms with Crippen molar-refractivity contribution in [1.82, 2.24) is 5.32 Å². The second-order valence-corrected chi connectivity index (χ2v) is 3.87. The van der Waals surface area contributed by atoms with E-state index in [2.05, 4.69) is 0 Å². The van der Waals surface area contributed by atoms with Crippen LogP contribution >= 0.6 is 0 Å². The van der Waals surface area contributed by atoms with Crippen LogP contribution in [0.15, 0.2) is 12.1 Å². The third-order valence-electron chi connectivity index (χ3n) is 2.43. The first kappa shape index (κ1) is 15.5. The lowest BCUT2D eigenvalue weighted by molar-refractivity contribution is -0.119. The zero-order chi connectivity index (χ0) is 15.3. The molecule has 0 radical (unpaired) electrons. The maximum Gasteiger partial charge on any atom is 0.257 e. The number of halogens is 3. The Kier molecular flexibility index (Phi) is 5.08. The summed E-state index contributed by atoms with van der Waals surface area (Å²) < 4.78 is 39.4. The Hall–Kier alpha value is -2.56. The van der Waals surface area contributed by atoms with Crippen LogP contribution in [0.25, 0.3) is 0 Å². The molecule has 0 heterocycles. The Balaban J connectivity index is 2.95. The second-order valence-electron chi connectivity index (χ2n) is 3.87. The molecule has 8 heteroatoms. The molecule has 0 aromatic heterocycles. The molecule has 0 saturated carbocycles. The van der Waals surface area contributed by atoms with Crippen molar-refractivity contribution in [1.29, 1.82) is 5.26 Å². The van der Waals surface area contributed by atoms with E-state index in [4.69, 9.17) is 11.0 Å². The summed E-state index contributed by atoms with van der Waals surface area (Å²) in [5.41, 5.74) is 3.97. The van der Waals surface area contributed by atoms with E-state index in [1.54, 1.807) is 6.07 Å². The molecular formula is C12H10F3N3O2. The van der Waals surface area contributed by atoms with E-state index in [-0.39, 0.29) is 12.8 Å². The zero-order valence-corrected chi connectivity index (χ0v) is 10.1. The lowest BCUT2D eigenvalue weighted by atomic mass is 10.1. The molecule has 20 heavy (non-hydrogen) atoms. The van der Waals surface area contributed by atoms with Crippen LogP contribution in [0.5, 0.6) is 0 Å². The number of nitrogens with one attached hydrogen (secondary N) is 1. The minimum absolute atomic E-state index is 0.0811. The van der Waals surface area contributed by atoms with Crippen LogP contribution in [0.3, 0.4) is 0 Å². The van der Waals surface area contributed by atoms with Gasteiger partial charge in [-0.1, -0.05) is 0 Å². The van der Waals surface area contributed by atoms with Crippen LogP contribution in [-0.4, -0.2) is 17.9 Å². The SMILES string of the molecule is N#CCC[C@@H](NC(=O)c1c(F)cc(F)cc1F)C(N)=O. The molecule has 0 unspecified atom stereocenters. The Morgan fingerprint density at radius 1 is 1.30 bits per heavy atom. The lowest BCUT2D eigenvalue weighted by Gasteiger charge is -2.14. The van der Waals surface area contributed by atoms with Gasteiger partial charge in [-0.2, -0.15) is 5.26 Å². The molecule has 106 valence electrons. The summed E-state index contributed by atoms with van der Waals surface area (Å²) in [5, 5.41) is 10.4. The van der Waals surface area contributed by atoms with Gasteiger partial charge in [-0.3, -0.25) is 9.59 Å². The van der Waals surface area contributed by atoms with E-state index in [0.717, 1.165) is 0 Å². The number of nitrogens with two attached hydrogens (primary N) is 1. The Labute approximate surface area is 112 Å². The molecule has 2 amide bonds. The van der Waals surface area contributed by atoms with Crippen molar-refractivity contribution < 1.29 is 22.8 Å². The third kappa shape index (κ3) is 3.71.